The highest BCUT2D eigenvalue weighted by molar-refractivity contribution is 6.32. The molecule has 0 fully saturated rings. The number of carbonyl (C=O) groups excluding carboxylic acids is 1. The minimum Gasteiger partial charge on any atom is -0.478 e. The first-order valence-electron chi connectivity index (χ1n) is 16.7. The lowest BCUT2D eigenvalue weighted by atomic mass is 9.83. The topological polar surface area (TPSA) is 197 Å². The summed E-state index contributed by atoms with van der Waals surface area (Å²) < 4.78 is 4.72. The lowest BCUT2D eigenvalue weighted by Gasteiger charge is -2.22. The van der Waals surface area contributed by atoms with E-state index in [4.69, 9.17) is 33.0 Å². The van der Waals surface area contributed by atoms with Crippen molar-refractivity contribution in [2.75, 3.05) is 7.11 Å². The van der Waals surface area contributed by atoms with Gasteiger partial charge in [-0.1, -0.05) is 98.7 Å². The van der Waals surface area contributed by atoms with E-state index in [0.29, 0.717) is 23.0 Å². The van der Waals surface area contributed by atoms with Crippen LogP contribution in [0.4, 0.5) is 0 Å². The van der Waals surface area contributed by atoms with Gasteiger partial charge in [-0.15, -0.1) is 0 Å². The molecule has 0 unspecified atom stereocenters. The molecular formula is C43H58Cl2N2O6. The Hall–Kier alpha value is -4.28. The van der Waals surface area contributed by atoms with E-state index in [9.17, 15) is 9.59 Å². The second-order valence-electron chi connectivity index (χ2n) is 12.7. The predicted octanol–water partition coefficient (Wildman–Crippen LogP) is 11.2. The van der Waals surface area contributed by atoms with Gasteiger partial charge in [0, 0.05) is 10.0 Å². The Morgan fingerprint density at radius 2 is 1.06 bits per heavy atom. The summed E-state index contributed by atoms with van der Waals surface area (Å²) in [5, 5.41) is 10.4. The number of ether oxygens (including phenoxy) is 1. The van der Waals surface area contributed by atoms with Gasteiger partial charge in [-0.3, -0.25) is 0 Å². The largest absolute Gasteiger partial charge is 0.478 e. The molecule has 0 radical (unpaired) electrons. The number of carboxylic acids is 1. The number of aromatic carboxylic acids is 1. The number of benzene rings is 4. The van der Waals surface area contributed by atoms with Crippen LogP contribution in [0.25, 0.3) is 11.1 Å². The molecule has 2 aliphatic rings. The van der Waals surface area contributed by atoms with Crippen LogP contribution in [0.2, 0.25) is 10.0 Å². The van der Waals surface area contributed by atoms with E-state index in [1.165, 1.54) is 55.0 Å². The summed E-state index contributed by atoms with van der Waals surface area (Å²) in [7, 11) is 1.42. The molecule has 0 saturated heterocycles. The highest BCUT2D eigenvalue weighted by Gasteiger charge is 2.19. The van der Waals surface area contributed by atoms with Gasteiger partial charge in [0.1, 0.15) is 0 Å². The molecule has 0 amide bonds. The maximum atomic E-state index is 11.4. The molecule has 2 aliphatic carbocycles. The molecule has 0 heterocycles. The second-order valence-corrected chi connectivity index (χ2v) is 13.5. The molecule has 0 saturated carbocycles. The Kier molecular flexibility index (Phi) is 23.8. The van der Waals surface area contributed by atoms with Crippen molar-refractivity contribution in [3.8, 4) is 0 Å². The molecule has 10 heteroatoms. The van der Waals surface area contributed by atoms with E-state index in [0.717, 1.165) is 45.2 Å². The fourth-order valence-electron chi connectivity index (χ4n) is 6.06. The van der Waals surface area contributed by atoms with Crippen LogP contribution in [0, 0.1) is 0 Å². The van der Waals surface area contributed by atoms with Crippen molar-refractivity contribution < 1.29 is 30.4 Å². The Labute approximate surface area is 325 Å². The molecule has 6 rings (SSSR count). The summed E-state index contributed by atoms with van der Waals surface area (Å²) >= 11 is 11.7. The van der Waals surface area contributed by atoms with Crippen molar-refractivity contribution >= 4 is 46.3 Å². The van der Waals surface area contributed by atoms with Gasteiger partial charge in [-0.05, 0) is 145 Å². The van der Waals surface area contributed by atoms with Gasteiger partial charge in [0.2, 0.25) is 0 Å². The first kappa shape index (κ1) is 50.8. The summed E-state index contributed by atoms with van der Waals surface area (Å²) in [5.74, 6) is 0.0116. The molecule has 53 heavy (non-hydrogen) atoms. The molecule has 290 valence electrons. The van der Waals surface area contributed by atoms with Gasteiger partial charge >= 0.3 is 11.9 Å². The highest BCUT2D eigenvalue weighted by Crippen LogP contribution is 2.33. The first-order chi connectivity index (χ1) is 23.3. The number of carboxylic acid groups (broad SMARTS) is 1. The van der Waals surface area contributed by atoms with Crippen LogP contribution in [0.15, 0.2) is 98.1 Å². The zero-order valence-corrected chi connectivity index (χ0v) is 33.2. The van der Waals surface area contributed by atoms with Crippen molar-refractivity contribution in [2.45, 2.75) is 78.1 Å². The molecule has 4 aromatic carbocycles. The number of allylic oxidation sites excluding steroid dienone is 2. The maximum Gasteiger partial charge on any atom is 0.337 e. The van der Waals surface area contributed by atoms with E-state index in [1.807, 2.05) is 86.6 Å². The molecule has 0 aromatic heterocycles. The van der Waals surface area contributed by atoms with Crippen molar-refractivity contribution in [1.29, 1.82) is 0 Å². The Morgan fingerprint density at radius 1 is 0.679 bits per heavy atom. The van der Waals surface area contributed by atoms with E-state index >= 15 is 0 Å². The molecular weight excluding hydrogens is 711 g/mol. The number of methoxy groups -OCH3 is 1. The van der Waals surface area contributed by atoms with Crippen LogP contribution in [-0.4, -0.2) is 35.1 Å². The standard InChI is InChI=1S/C13H16O2.C12H14O2.2C9H9Cl.2H3N.2H2O/c1-9-4-3-5-10-6-7-11(8-12(9)10)13(14)15-2;1-8-3-2-4-9-5-6-10(12(13)14)7-11(8)9;2*1-7(2)8-5-3-4-6-9(8)10;;;;/h6-9H,3-5H2,1-2H3;5-8H,2-4H2,1H3,(H,13,14);2*3-6H,1H2,2H3;2*1H3;2*1H2/t9-;8-;;;;;;/m11....../s1. The average molecular weight is 770 g/mol. The molecule has 11 N–H and O–H groups in total. The van der Waals surface area contributed by atoms with Crippen molar-refractivity contribution in [3.63, 3.8) is 0 Å². The number of hydrogen-bond acceptors (Lipinski definition) is 5. The summed E-state index contributed by atoms with van der Waals surface area (Å²) in [6.45, 7) is 15.9. The third kappa shape index (κ3) is 14.9. The summed E-state index contributed by atoms with van der Waals surface area (Å²) in [4.78, 5) is 22.2. The minimum absolute atomic E-state index is 0. The lowest BCUT2D eigenvalue weighted by molar-refractivity contribution is 0.0599. The van der Waals surface area contributed by atoms with Crippen LogP contribution < -0.4 is 12.3 Å². The molecule has 8 nitrogen and oxygen atoms in total. The summed E-state index contributed by atoms with van der Waals surface area (Å²) in [6, 6.07) is 26.8. The monoisotopic (exact) mass is 768 g/mol. The summed E-state index contributed by atoms with van der Waals surface area (Å²) in [6.07, 6.45) is 7.11. The van der Waals surface area contributed by atoms with Crippen LogP contribution in [0.5, 0.6) is 0 Å². The number of halogens is 2. The van der Waals surface area contributed by atoms with E-state index in [1.54, 1.807) is 6.07 Å². The fraction of sp³-hybridized carbons (Fsp3) is 0.302. The fourth-order valence-corrected chi connectivity index (χ4v) is 6.66. The van der Waals surface area contributed by atoms with Crippen molar-refractivity contribution in [2.24, 2.45) is 0 Å². The lowest BCUT2D eigenvalue weighted by Crippen LogP contribution is -2.09. The number of aryl methyl sites for hydroxylation is 2. The van der Waals surface area contributed by atoms with E-state index in [2.05, 4.69) is 33.1 Å². The van der Waals surface area contributed by atoms with Gasteiger partial charge in [0.05, 0.1) is 18.2 Å². The van der Waals surface area contributed by atoms with E-state index in [-0.39, 0.29) is 29.2 Å². The van der Waals surface area contributed by atoms with Gasteiger partial charge in [-0.25, -0.2) is 9.59 Å². The highest BCUT2D eigenvalue weighted by atomic mass is 35.5. The maximum absolute atomic E-state index is 11.4. The molecule has 2 atom stereocenters. The Bertz CT molecular complexity index is 1740. The van der Waals surface area contributed by atoms with Crippen molar-refractivity contribution in [1.82, 2.24) is 12.3 Å². The second kappa shape index (κ2) is 24.9. The smallest absolute Gasteiger partial charge is 0.337 e. The van der Waals surface area contributed by atoms with Crippen LogP contribution in [0.3, 0.4) is 0 Å². The normalized spacial score (nSPS) is 14.4. The van der Waals surface area contributed by atoms with Gasteiger partial charge in [-0.2, -0.15) is 0 Å². The molecule has 0 bridgehead atoms. The Morgan fingerprint density at radius 3 is 1.40 bits per heavy atom. The Balaban J connectivity index is 0. The van der Waals surface area contributed by atoms with Crippen molar-refractivity contribution in [3.05, 3.63) is 153 Å². The molecule has 0 spiro atoms. The van der Waals surface area contributed by atoms with Gasteiger partial charge in [0.25, 0.3) is 0 Å². The number of hydrogen-bond donors (Lipinski definition) is 3. The van der Waals surface area contributed by atoms with Gasteiger partial charge in [0.15, 0.2) is 0 Å². The zero-order valence-electron chi connectivity index (χ0n) is 31.7. The zero-order chi connectivity index (χ0) is 36.1. The molecule has 0 aliphatic heterocycles. The average Bonchev–Trinajstić information content (AvgIpc) is 3.09. The van der Waals surface area contributed by atoms with Gasteiger partial charge < -0.3 is 33.1 Å². The number of fused-ring (bicyclic) bond motifs is 2. The minimum atomic E-state index is -0.828. The number of rotatable bonds is 4. The van der Waals surface area contributed by atoms with Crippen LogP contribution in [0.1, 0.15) is 119 Å². The summed E-state index contributed by atoms with van der Waals surface area (Å²) in [5.41, 5.74) is 10.4. The quantitative estimate of drug-likeness (QED) is 0.173. The predicted molar refractivity (Wildman–Crippen MR) is 223 cm³/mol. The molecule has 4 aromatic rings. The third-order valence-corrected chi connectivity index (χ3v) is 9.51. The SMILES string of the molecule is C=C(C)c1ccccc1Cl.C=C(C)c1ccccc1Cl.COC(=O)c1ccc2c(c1)[C@H](C)CCC2.C[C@@H]1CCCc2ccc(C(=O)O)cc21.N.N.O.O. The number of carbonyl (C=O) groups is 2. The van der Waals surface area contributed by atoms with Crippen LogP contribution >= 0.6 is 23.2 Å². The van der Waals surface area contributed by atoms with Crippen LogP contribution in [-0.2, 0) is 17.6 Å². The van der Waals surface area contributed by atoms with E-state index < -0.39 is 5.97 Å². The first-order valence-corrected chi connectivity index (χ1v) is 17.5. The number of esters is 1. The third-order valence-electron chi connectivity index (χ3n) is 8.86.